The number of hydrogen-bond acceptors (Lipinski definition) is 3. The molecule has 1 heterocycles. The Labute approximate surface area is 135 Å². The molecule has 1 aliphatic rings. The minimum Gasteiger partial charge on any atom is -0.390 e. The van der Waals surface area contributed by atoms with E-state index < -0.39 is 17.8 Å². The molecule has 0 aromatic heterocycles. The van der Waals surface area contributed by atoms with E-state index in [0.717, 1.165) is 31.8 Å². The van der Waals surface area contributed by atoms with E-state index in [-0.39, 0.29) is 17.1 Å². The number of amides is 1. The first-order valence-electron chi connectivity index (χ1n) is 7.60. The second kappa shape index (κ2) is 7.90. The summed E-state index contributed by atoms with van der Waals surface area (Å²) in [6.45, 7) is 4.75. The fraction of sp³-hybridized carbons (Fsp3) is 0.562. The smallest absolute Gasteiger partial charge is 0.255 e. The van der Waals surface area contributed by atoms with Crippen molar-refractivity contribution in [2.75, 3.05) is 26.2 Å². The van der Waals surface area contributed by atoms with Crippen molar-refractivity contribution in [2.24, 2.45) is 5.92 Å². The Kier molecular flexibility index (Phi) is 6.17. The molecular formula is C16H22ClFN2O2. The third-order valence-electron chi connectivity index (χ3n) is 4.03. The van der Waals surface area contributed by atoms with Crippen LogP contribution in [0.15, 0.2) is 18.2 Å². The van der Waals surface area contributed by atoms with Gasteiger partial charge in [0.2, 0.25) is 0 Å². The van der Waals surface area contributed by atoms with Crippen LogP contribution in [-0.2, 0) is 0 Å². The molecule has 0 radical (unpaired) electrons. The van der Waals surface area contributed by atoms with Gasteiger partial charge in [-0.2, -0.15) is 0 Å². The number of halogens is 2. The molecule has 6 heteroatoms. The van der Waals surface area contributed by atoms with Gasteiger partial charge in [0.15, 0.2) is 0 Å². The minimum absolute atomic E-state index is 0.0667. The van der Waals surface area contributed by atoms with Gasteiger partial charge in [-0.25, -0.2) is 4.39 Å². The lowest BCUT2D eigenvalue weighted by Crippen LogP contribution is -2.43. The fourth-order valence-electron chi connectivity index (χ4n) is 2.62. The Bertz CT molecular complexity index is 499. The maximum atomic E-state index is 13.6. The van der Waals surface area contributed by atoms with Crippen LogP contribution in [0.3, 0.4) is 0 Å². The van der Waals surface area contributed by atoms with Crippen LogP contribution in [0.1, 0.15) is 30.1 Å². The quantitative estimate of drug-likeness (QED) is 0.872. The van der Waals surface area contributed by atoms with Crippen molar-refractivity contribution < 1.29 is 14.3 Å². The van der Waals surface area contributed by atoms with E-state index in [2.05, 4.69) is 17.1 Å². The van der Waals surface area contributed by atoms with Crippen LogP contribution < -0.4 is 5.32 Å². The van der Waals surface area contributed by atoms with E-state index in [1.807, 2.05) is 0 Å². The molecule has 1 aromatic carbocycles. The summed E-state index contributed by atoms with van der Waals surface area (Å²) < 4.78 is 13.6. The number of β-amino-alcohol motifs (C(OH)–C–C–N with tert-alkyl or cyclic N) is 1. The Morgan fingerprint density at radius 1 is 1.50 bits per heavy atom. The Morgan fingerprint density at radius 3 is 2.82 bits per heavy atom. The van der Waals surface area contributed by atoms with Crippen molar-refractivity contribution >= 4 is 17.5 Å². The van der Waals surface area contributed by atoms with Crippen molar-refractivity contribution in [1.29, 1.82) is 0 Å². The summed E-state index contributed by atoms with van der Waals surface area (Å²) >= 11 is 5.84. The molecule has 1 saturated heterocycles. The number of aliphatic hydroxyl groups excluding tert-OH is 1. The molecule has 0 bridgehead atoms. The predicted octanol–water partition coefficient (Wildman–Crippen LogP) is 2.30. The molecule has 0 spiro atoms. The average molecular weight is 329 g/mol. The average Bonchev–Trinajstić information content (AvgIpc) is 2.47. The molecule has 1 atom stereocenters. The fourth-order valence-corrected chi connectivity index (χ4v) is 2.87. The maximum Gasteiger partial charge on any atom is 0.255 e. The van der Waals surface area contributed by atoms with Crippen LogP contribution in [0, 0.1) is 11.7 Å². The number of benzene rings is 1. The standard InChI is InChI=1S/C16H22ClFN2O2/c1-11-5-7-20(8-6-11)10-12(21)9-19-16(22)15-13(17)3-2-4-14(15)18/h2-4,11-12,21H,5-10H2,1H3,(H,19,22). The normalized spacial score (nSPS) is 18.2. The van der Waals surface area contributed by atoms with Gasteiger partial charge < -0.3 is 15.3 Å². The highest BCUT2D eigenvalue weighted by atomic mass is 35.5. The third-order valence-corrected chi connectivity index (χ3v) is 4.35. The summed E-state index contributed by atoms with van der Waals surface area (Å²) in [5.74, 6) is -0.532. The molecule has 0 saturated carbocycles. The first kappa shape index (κ1) is 17.2. The van der Waals surface area contributed by atoms with E-state index >= 15 is 0 Å². The van der Waals surface area contributed by atoms with Crippen molar-refractivity contribution in [2.45, 2.75) is 25.9 Å². The minimum atomic E-state index is -0.678. The molecule has 1 unspecified atom stereocenters. The van der Waals surface area contributed by atoms with Gasteiger partial charge in [0.05, 0.1) is 16.7 Å². The van der Waals surface area contributed by atoms with Gasteiger partial charge in [0.1, 0.15) is 5.82 Å². The lowest BCUT2D eigenvalue weighted by Gasteiger charge is -2.31. The Hall–Kier alpha value is -1.17. The summed E-state index contributed by atoms with van der Waals surface area (Å²) in [4.78, 5) is 14.2. The lowest BCUT2D eigenvalue weighted by molar-refractivity contribution is 0.0793. The number of nitrogens with one attached hydrogen (secondary N) is 1. The van der Waals surface area contributed by atoms with Crippen LogP contribution in [0.2, 0.25) is 5.02 Å². The number of aliphatic hydroxyl groups is 1. The topological polar surface area (TPSA) is 52.6 Å². The summed E-state index contributed by atoms with van der Waals surface area (Å²) in [6.07, 6.45) is 1.58. The van der Waals surface area contributed by atoms with Crippen LogP contribution >= 0.6 is 11.6 Å². The molecule has 122 valence electrons. The first-order valence-corrected chi connectivity index (χ1v) is 7.97. The van der Waals surface area contributed by atoms with Gasteiger partial charge in [-0.05, 0) is 44.0 Å². The summed E-state index contributed by atoms with van der Waals surface area (Å²) in [5, 5.41) is 12.6. The van der Waals surface area contributed by atoms with Gasteiger partial charge in [-0.1, -0.05) is 24.6 Å². The van der Waals surface area contributed by atoms with Crippen LogP contribution in [0.4, 0.5) is 4.39 Å². The summed E-state index contributed by atoms with van der Waals surface area (Å²) in [6, 6.07) is 4.09. The van der Waals surface area contributed by atoms with Crippen molar-refractivity contribution in [3.63, 3.8) is 0 Å². The van der Waals surface area contributed by atoms with Gasteiger partial charge in [-0.3, -0.25) is 4.79 Å². The zero-order valence-electron chi connectivity index (χ0n) is 12.7. The highest BCUT2D eigenvalue weighted by molar-refractivity contribution is 6.33. The number of nitrogens with zero attached hydrogens (tertiary/aromatic N) is 1. The highest BCUT2D eigenvalue weighted by Crippen LogP contribution is 2.19. The molecule has 1 aliphatic heterocycles. The van der Waals surface area contributed by atoms with E-state index in [1.165, 1.54) is 18.2 Å². The molecule has 1 aromatic rings. The number of likely N-dealkylation sites (tertiary alicyclic amines) is 1. The van der Waals surface area contributed by atoms with Gasteiger partial charge in [0, 0.05) is 13.1 Å². The summed E-state index contributed by atoms with van der Waals surface area (Å²) in [7, 11) is 0. The first-order chi connectivity index (χ1) is 10.5. The van der Waals surface area contributed by atoms with E-state index in [1.54, 1.807) is 0 Å². The third kappa shape index (κ3) is 4.66. The Morgan fingerprint density at radius 2 is 2.18 bits per heavy atom. The van der Waals surface area contributed by atoms with E-state index in [9.17, 15) is 14.3 Å². The molecular weight excluding hydrogens is 307 g/mol. The molecule has 1 fully saturated rings. The molecule has 0 aliphatic carbocycles. The van der Waals surface area contributed by atoms with Gasteiger partial charge >= 0.3 is 0 Å². The number of rotatable bonds is 5. The second-order valence-corrected chi connectivity index (χ2v) is 6.35. The zero-order valence-corrected chi connectivity index (χ0v) is 13.4. The molecule has 1 amide bonds. The van der Waals surface area contributed by atoms with Crippen molar-refractivity contribution in [3.05, 3.63) is 34.6 Å². The second-order valence-electron chi connectivity index (χ2n) is 5.94. The monoisotopic (exact) mass is 328 g/mol. The molecule has 2 N–H and O–H groups in total. The predicted molar refractivity (Wildman–Crippen MR) is 84.6 cm³/mol. The number of hydrogen-bond donors (Lipinski definition) is 2. The highest BCUT2D eigenvalue weighted by Gasteiger charge is 2.20. The van der Waals surface area contributed by atoms with Gasteiger partial charge in [-0.15, -0.1) is 0 Å². The van der Waals surface area contributed by atoms with Crippen molar-refractivity contribution in [3.8, 4) is 0 Å². The molecule has 2 rings (SSSR count). The van der Waals surface area contributed by atoms with Crippen LogP contribution in [0.5, 0.6) is 0 Å². The molecule has 22 heavy (non-hydrogen) atoms. The number of carbonyl (C=O) groups is 1. The van der Waals surface area contributed by atoms with Gasteiger partial charge in [0.25, 0.3) is 5.91 Å². The van der Waals surface area contributed by atoms with Crippen LogP contribution in [-0.4, -0.2) is 48.2 Å². The Balaban J connectivity index is 1.81. The zero-order chi connectivity index (χ0) is 16.1. The lowest BCUT2D eigenvalue weighted by atomic mass is 9.99. The number of piperidine rings is 1. The maximum absolute atomic E-state index is 13.6. The number of carbonyl (C=O) groups excluding carboxylic acids is 1. The van der Waals surface area contributed by atoms with Crippen molar-refractivity contribution in [1.82, 2.24) is 10.2 Å². The molecule has 4 nitrogen and oxygen atoms in total. The SMILES string of the molecule is CC1CCN(CC(O)CNC(=O)c2c(F)cccc2Cl)CC1. The largest absolute Gasteiger partial charge is 0.390 e. The van der Waals surface area contributed by atoms with Crippen LogP contribution in [0.25, 0.3) is 0 Å². The van der Waals surface area contributed by atoms with E-state index in [4.69, 9.17) is 11.6 Å². The van der Waals surface area contributed by atoms with E-state index in [0.29, 0.717) is 6.54 Å². The summed E-state index contributed by atoms with van der Waals surface area (Å²) in [5.41, 5.74) is -0.178.